The van der Waals surface area contributed by atoms with Crippen molar-refractivity contribution in [3.8, 4) is 0 Å². The van der Waals surface area contributed by atoms with E-state index in [4.69, 9.17) is 0 Å². The Morgan fingerprint density at radius 1 is 1.46 bits per heavy atom. The van der Waals surface area contributed by atoms with Crippen molar-refractivity contribution < 1.29 is 0 Å². The normalized spacial score (nSPS) is 19.4. The van der Waals surface area contributed by atoms with Gasteiger partial charge in [-0.3, -0.25) is 0 Å². The Hall–Kier alpha value is -0.0800. The van der Waals surface area contributed by atoms with Crippen LogP contribution in [0.2, 0.25) is 0 Å². The zero-order valence-electron chi connectivity index (χ0n) is 9.34. The van der Waals surface area contributed by atoms with Gasteiger partial charge in [-0.15, -0.1) is 0 Å². The molecule has 0 aromatic carbocycles. The van der Waals surface area contributed by atoms with Crippen molar-refractivity contribution in [3.05, 3.63) is 0 Å². The fourth-order valence-electron chi connectivity index (χ4n) is 1.72. The first-order valence-electron chi connectivity index (χ1n) is 5.65. The first-order valence-corrected chi connectivity index (χ1v) is 5.65. The number of hydrogen-bond acceptors (Lipinski definition) is 2. The molecule has 1 aliphatic rings. The van der Waals surface area contributed by atoms with Crippen LogP contribution < -0.4 is 5.32 Å². The second-order valence-corrected chi connectivity index (χ2v) is 4.39. The average molecular weight is 184 g/mol. The quantitative estimate of drug-likeness (QED) is 0.648. The maximum absolute atomic E-state index is 3.31. The van der Waals surface area contributed by atoms with Crippen LogP contribution in [0.5, 0.6) is 0 Å². The molecule has 78 valence electrons. The van der Waals surface area contributed by atoms with E-state index >= 15 is 0 Å². The summed E-state index contributed by atoms with van der Waals surface area (Å²) in [6, 6.07) is 0.630. The smallest absolute Gasteiger partial charge is 0.0163 e. The van der Waals surface area contributed by atoms with Gasteiger partial charge in [0.1, 0.15) is 0 Å². The lowest BCUT2D eigenvalue weighted by Gasteiger charge is -2.24. The van der Waals surface area contributed by atoms with E-state index < -0.39 is 0 Å². The molecule has 0 spiro atoms. The molecule has 1 aliphatic carbocycles. The average Bonchev–Trinajstić information content (AvgIpc) is 2.88. The standard InChI is InChI=1S/C11H24N2/c1-4-7-13(8-10(2)12-3)9-11-5-6-11/h10-12H,4-9H2,1-3H3. The highest BCUT2D eigenvalue weighted by Crippen LogP contribution is 2.29. The Kier molecular flexibility index (Phi) is 4.74. The van der Waals surface area contributed by atoms with E-state index in [-0.39, 0.29) is 0 Å². The summed E-state index contributed by atoms with van der Waals surface area (Å²) in [7, 11) is 2.05. The van der Waals surface area contributed by atoms with E-state index in [0.717, 1.165) is 5.92 Å². The van der Waals surface area contributed by atoms with Gasteiger partial charge in [-0.25, -0.2) is 0 Å². The SMILES string of the molecule is CCCN(CC1CC1)CC(C)NC. The van der Waals surface area contributed by atoms with E-state index in [1.54, 1.807) is 0 Å². The largest absolute Gasteiger partial charge is 0.316 e. The van der Waals surface area contributed by atoms with Crippen LogP contribution in [0.1, 0.15) is 33.1 Å². The molecule has 1 saturated carbocycles. The Balaban J connectivity index is 2.18. The van der Waals surface area contributed by atoms with Gasteiger partial charge in [0.15, 0.2) is 0 Å². The molecule has 0 amide bonds. The molecular weight excluding hydrogens is 160 g/mol. The molecule has 1 atom stereocenters. The summed E-state index contributed by atoms with van der Waals surface area (Å²) in [5, 5.41) is 3.31. The lowest BCUT2D eigenvalue weighted by Crippen LogP contribution is -2.39. The topological polar surface area (TPSA) is 15.3 Å². The summed E-state index contributed by atoms with van der Waals surface area (Å²) in [6.45, 7) is 8.34. The van der Waals surface area contributed by atoms with Crippen LogP contribution in [-0.2, 0) is 0 Å². The lowest BCUT2D eigenvalue weighted by atomic mass is 10.2. The molecule has 0 saturated heterocycles. The van der Waals surface area contributed by atoms with Crippen molar-refractivity contribution in [2.75, 3.05) is 26.7 Å². The van der Waals surface area contributed by atoms with Gasteiger partial charge in [0.25, 0.3) is 0 Å². The first kappa shape index (κ1) is 11.0. The van der Waals surface area contributed by atoms with Crippen molar-refractivity contribution in [1.29, 1.82) is 0 Å². The van der Waals surface area contributed by atoms with E-state index in [0.29, 0.717) is 6.04 Å². The van der Waals surface area contributed by atoms with Crippen LogP contribution in [0.15, 0.2) is 0 Å². The van der Waals surface area contributed by atoms with Gasteiger partial charge in [0, 0.05) is 19.1 Å². The van der Waals surface area contributed by atoms with Gasteiger partial charge in [0.2, 0.25) is 0 Å². The van der Waals surface area contributed by atoms with Crippen molar-refractivity contribution >= 4 is 0 Å². The molecule has 0 aromatic heterocycles. The second kappa shape index (κ2) is 5.61. The van der Waals surface area contributed by atoms with Crippen LogP contribution in [0.4, 0.5) is 0 Å². The van der Waals surface area contributed by atoms with Crippen molar-refractivity contribution in [2.45, 2.75) is 39.2 Å². The van der Waals surface area contributed by atoms with Crippen LogP contribution in [0.25, 0.3) is 0 Å². The third kappa shape index (κ3) is 4.63. The maximum Gasteiger partial charge on any atom is 0.0163 e. The zero-order valence-corrected chi connectivity index (χ0v) is 9.34. The summed E-state index contributed by atoms with van der Waals surface area (Å²) < 4.78 is 0. The number of nitrogens with one attached hydrogen (secondary N) is 1. The molecule has 1 fully saturated rings. The Morgan fingerprint density at radius 3 is 2.62 bits per heavy atom. The van der Waals surface area contributed by atoms with Gasteiger partial charge >= 0.3 is 0 Å². The molecule has 2 nitrogen and oxygen atoms in total. The molecular formula is C11H24N2. The second-order valence-electron chi connectivity index (χ2n) is 4.39. The van der Waals surface area contributed by atoms with Crippen LogP contribution in [0.3, 0.4) is 0 Å². The van der Waals surface area contributed by atoms with E-state index in [9.17, 15) is 0 Å². The molecule has 0 aromatic rings. The monoisotopic (exact) mass is 184 g/mol. The number of likely N-dealkylation sites (N-methyl/N-ethyl adjacent to an activating group) is 1. The number of rotatable bonds is 7. The summed E-state index contributed by atoms with van der Waals surface area (Å²) in [5.41, 5.74) is 0. The Labute approximate surface area is 82.7 Å². The van der Waals surface area contributed by atoms with E-state index in [1.165, 1.54) is 38.9 Å². The fourth-order valence-corrected chi connectivity index (χ4v) is 1.72. The molecule has 1 unspecified atom stereocenters. The Bertz CT molecular complexity index is 132. The summed E-state index contributed by atoms with van der Waals surface area (Å²) in [6.07, 6.45) is 4.21. The number of hydrogen-bond donors (Lipinski definition) is 1. The van der Waals surface area contributed by atoms with Crippen molar-refractivity contribution in [3.63, 3.8) is 0 Å². The minimum Gasteiger partial charge on any atom is -0.316 e. The molecule has 2 heteroatoms. The summed E-state index contributed by atoms with van der Waals surface area (Å²) in [5.74, 6) is 1.02. The van der Waals surface area contributed by atoms with Gasteiger partial charge in [-0.1, -0.05) is 6.92 Å². The minimum absolute atomic E-state index is 0.630. The highest BCUT2D eigenvalue weighted by Gasteiger charge is 2.24. The molecule has 1 N–H and O–H groups in total. The van der Waals surface area contributed by atoms with Gasteiger partial charge in [-0.05, 0) is 45.7 Å². The summed E-state index contributed by atoms with van der Waals surface area (Å²) >= 11 is 0. The van der Waals surface area contributed by atoms with Crippen LogP contribution in [-0.4, -0.2) is 37.6 Å². The number of nitrogens with zero attached hydrogens (tertiary/aromatic N) is 1. The van der Waals surface area contributed by atoms with Gasteiger partial charge < -0.3 is 10.2 Å². The predicted octanol–water partition coefficient (Wildman–Crippen LogP) is 1.72. The zero-order chi connectivity index (χ0) is 9.68. The van der Waals surface area contributed by atoms with E-state index in [2.05, 4.69) is 24.1 Å². The minimum atomic E-state index is 0.630. The molecule has 13 heavy (non-hydrogen) atoms. The first-order chi connectivity index (χ1) is 6.26. The van der Waals surface area contributed by atoms with Crippen LogP contribution >= 0.6 is 0 Å². The third-order valence-corrected chi connectivity index (χ3v) is 2.78. The highest BCUT2D eigenvalue weighted by atomic mass is 15.1. The molecule has 0 aliphatic heterocycles. The molecule has 1 rings (SSSR count). The van der Waals surface area contributed by atoms with Crippen LogP contribution in [0, 0.1) is 5.92 Å². The highest BCUT2D eigenvalue weighted by molar-refractivity contribution is 4.78. The molecule has 0 heterocycles. The van der Waals surface area contributed by atoms with Crippen molar-refractivity contribution in [2.24, 2.45) is 5.92 Å². The van der Waals surface area contributed by atoms with Gasteiger partial charge in [-0.2, -0.15) is 0 Å². The lowest BCUT2D eigenvalue weighted by molar-refractivity contribution is 0.242. The fraction of sp³-hybridized carbons (Fsp3) is 1.00. The third-order valence-electron chi connectivity index (χ3n) is 2.78. The van der Waals surface area contributed by atoms with Gasteiger partial charge in [0.05, 0.1) is 0 Å². The maximum atomic E-state index is 3.31. The Morgan fingerprint density at radius 2 is 2.15 bits per heavy atom. The van der Waals surface area contributed by atoms with Crippen molar-refractivity contribution in [1.82, 2.24) is 10.2 Å². The van der Waals surface area contributed by atoms with E-state index in [1.807, 2.05) is 7.05 Å². The molecule has 0 bridgehead atoms. The molecule has 0 radical (unpaired) electrons. The summed E-state index contributed by atoms with van der Waals surface area (Å²) in [4.78, 5) is 2.61. The predicted molar refractivity (Wildman–Crippen MR) is 58.0 cm³/mol.